The van der Waals surface area contributed by atoms with Crippen molar-refractivity contribution in [3.05, 3.63) is 53.3 Å². The van der Waals surface area contributed by atoms with Crippen molar-refractivity contribution in [2.24, 2.45) is 0 Å². The molecule has 1 heterocycles. The molecule has 0 radical (unpaired) electrons. The maximum Gasteiger partial charge on any atom is 0.124 e. The van der Waals surface area contributed by atoms with E-state index in [1.807, 2.05) is 47.4 Å². The average molecular weight is 237 g/mol. The Morgan fingerprint density at radius 2 is 2.06 bits per heavy atom. The smallest absolute Gasteiger partial charge is 0.124 e. The van der Waals surface area contributed by atoms with Crippen LogP contribution in [0.5, 0.6) is 5.75 Å². The molecule has 0 atom stereocenters. The number of ether oxygens (including phenoxy) is 1. The molecule has 84 valence electrons. The second kappa shape index (κ2) is 4.94. The SMILES string of the molecule is COc1ccc(Cl)cc1CNn1cccc1. The summed E-state index contributed by atoms with van der Waals surface area (Å²) in [6.07, 6.45) is 3.88. The van der Waals surface area contributed by atoms with Crippen LogP contribution in [0.4, 0.5) is 0 Å². The lowest BCUT2D eigenvalue weighted by atomic mass is 10.2. The second-order valence-electron chi connectivity index (χ2n) is 3.38. The van der Waals surface area contributed by atoms with Crippen molar-refractivity contribution in [1.29, 1.82) is 0 Å². The molecule has 4 heteroatoms. The molecule has 1 N–H and O–H groups in total. The van der Waals surface area contributed by atoms with E-state index in [-0.39, 0.29) is 0 Å². The first-order valence-corrected chi connectivity index (χ1v) is 5.36. The minimum Gasteiger partial charge on any atom is -0.496 e. The zero-order valence-corrected chi connectivity index (χ0v) is 9.74. The molecule has 0 aliphatic carbocycles. The van der Waals surface area contributed by atoms with E-state index in [4.69, 9.17) is 16.3 Å². The summed E-state index contributed by atoms with van der Waals surface area (Å²) in [5.41, 5.74) is 4.25. The fourth-order valence-electron chi connectivity index (χ4n) is 1.50. The third-order valence-electron chi connectivity index (χ3n) is 2.30. The first-order valence-electron chi connectivity index (χ1n) is 4.99. The maximum atomic E-state index is 5.94. The molecule has 0 fully saturated rings. The van der Waals surface area contributed by atoms with Crippen molar-refractivity contribution in [3.63, 3.8) is 0 Å². The molecule has 0 saturated heterocycles. The number of methoxy groups -OCH3 is 1. The van der Waals surface area contributed by atoms with E-state index < -0.39 is 0 Å². The summed E-state index contributed by atoms with van der Waals surface area (Å²) in [7, 11) is 1.66. The van der Waals surface area contributed by atoms with Crippen LogP contribution in [-0.4, -0.2) is 11.8 Å². The van der Waals surface area contributed by atoms with Crippen LogP contribution in [0, 0.1) is 0 Å². The highest BCUT2D eigenvalue weighted by Gasteiger charge is 2.03. The number of nitrogens with zero attached hydrogens (tertiary/aromatic N) is 1. The number of benzene rings is 1. The van der Waals surface area contributed by atoms with Gasteiger partial charge in [-0.1, -0.05) is 11.6 Å². The predicted molar refractivity (Wildman–Crippen MR) is 65.5 cm³/mol. The van der Waals surface area contributed by atoms with Crippen LogP contribution in [0.15, 0.2) is 42.7 Å². The van der Waals surface area contributed by atoms with Gasteiger partial charge in [-0.25, -0.2) is 0 Å². The highest BCUT2D eigenvalue weighted by molar-refractivity contribution is 6.30. The number of halogens is 1. The molecule has 16 heavy (non-hydrogen) atoms. The van der Waals surface area contributed by atoms with Gasteiger partial charge in [-0.3, -0.25) is 4.68 Å². The monoisotopic (exact) mass is 236 g/mol. The summed E-state index contributed by atoms with van der Waals surface area (Å²) in [5, 5.41) is 0.713. The van der Waals surface area contributed by atoms with Crippen LogP contribution in [-0.2, 0) is 6.54 Å². The van der Waals surface area contributed by atoms with Crippen LogP contribution < -0.4 is 10.2 Å². The van der Waals surface area contributed by atoms with Gasteiger partial charge < -0.3 is 10.2 Å². The van der Waals surface area contributed by atoms with Crippen molar-refractivity contribution >= 4 is 11.6 Å². The minimum absolute atomic E-state index is 0.665. The number of nitrogens with one attached hydrogen (secondary N) is 1. The molecule has 0 amide bonds. The standard InChI is InChI=1S/C12H13ClN2O/c1-16-12-5-4-11(13)8-10(12)9-14-15-6-2-3-7-15/h2-8,14H,9H2,1H3. The molecule has 0 bridgehead atoms. The molecular weight excluding hydrogens is 224 g/mol. The number of aromatic nitrogens is 1. The van der Waals surface area contributed by atoms with Crippen molar-refractivity contribution in [2.45, 2.75) is 6.54 Å². The first kappa shape index (κ1) is 10.9. The largest absolute Gasteiger partial charge is 0.496 e. The van der Waals surface area contributed by atoms with Gasteiger partial charge in [-0.2, -0.15) is 0 Å². The Labute approximate surface area is 99.6 Å². The predicted octanol–water partition coefficient (Wildman–Crippen LogP) is 2.89. The van der Waals surface area contributed by atoms with Gasteiger partial charge in [0, 0.05) is 23.0 Å². The summed E-state index contributed by atoms with van der Waals surface area (Å²) < 4.78 is 7.15. The second-order valence-corrected chi connectivity index (χ2v) is 3.82. The van der Waals surface area contributed by atoms with Gasteiger partial charge in [0.15, 0.2) is 0 Å². The Morgan fingerprint density at radius 3 is 2.75 bits per heavy atom. The van der Waals surface area contributed by atoms with Gasteiger partial charge in [0.25, 0.3) is 0 Å². The van der Waals surface area contributed by atoms with Crippen molar-refractivity contribution < 1.29 is 4.74 Å². The van der Waals surface area contributed by atoms with Gasteiger partial charge in [0.2, 0.25) is 0 Å². The fraction of sp³-hybridized carbons (Fsp3) is 0.167. The van der Waals surface area contributed by atoms with Crippen LogP contribution in [0.3, 0.4) is 0 Å². The Balaban J connectivity index is 2.11. The molecule has 3 nitrogen and oxygen atoms in total. The summed E-state index contributed by atoms with van der Waals surface area (Å²) >= 11 is 5.94. The Morgan fingerprint density at radius 1 is 1.31 bits per heavy atom. The topological polar surface area (TPSA) is 26.2 Å². The van der Waals surface area contributed by atoms with Crippen LogP contribution in [0.2, 0.25) is 5.02 Å². The molecule has 2 aromatic rings. The van der Waals surface area contributed by atoms with E-state index >= 15 is 0 Å². The average Bonchev–Trinajstić information content (AvgIpc) is 2.79. The van der Waals surface area contributed by atoms with E-state index in [0.717, 1.165) is 11.3 Å². The van der Waals surface area contributed by atoms with E-state index in [2.05, 4.69) is 5.43 Å². The quantitative estimate of drug-likeness (QED) is 0.884. The van der Waals surface area contributed by atoms with Crippen molar-refractivity contribution in [1.82, 2.24) is 4.68 Å². The molecule has 0 unspecified atom stereocenters. The Hall–Kier alpha value is -1.61. The number of hydrogen-bond donors (Lipinski definition) is 1. The number of rotatable bonds is 4. The molecule has 2 rings (SSSR count). The minimum atomic E-state index is 0.665. The zero-order chi connectivity index (χ0) is 11.4. The van der Waals surface area contributed by atoms with Gasteiger partial charge in [0.05, 0.1) is 13.7 Å². The fourth-order valence-corrected chi connectivity index (χ4v) is 1.70. The lowest BCUT2D eigenvalue weighted by Gasteiger charge is -2.11. The van der Waals surface area contributed by atoms with Gasteiger partial charge >= 0.3 is 0 Å². The highest BCUT2D eigenvalue weighted by atomic mass is 35.5. The van der Waals surface area contributed by atoms with E-state index in [1.165, 1.54) is 0 Å². The van der Waals surface area contributed by atoms with Crippen LogP contribution in [0.1, 0.15) is 5.56 Å². The lowest BCUT2D eigenvalue weighted by Crippen LogP contribution is -2.12. The third-order valence-corrected chi connectivity index (χ3v) is 2.53. The van der Waals surface area contributed by atoms with Crippen LogP contribution in [0.25, 0.3) is 0 Å². The van der Waals surface area contributed by atoms with Crippen LogP contribution >= 0.6 is 11.6 Å². The van der Waals surface area contributed by atoms with Gasteiger partial charge in [-0.05, 0) is 30.3 Å². The Kier molecular flexibility index (Phi) is 3.37. The molecule has 1 aromatic heterocycles. The molecule has 1 aromatic carbocycles. The zero-order valence-electron chi connectivity index (χ0n) is 8.98. The van der Waals surface area contributed by atoms with E-state index in [0.29, 0.717) is 11.6 Å². The molecule has 0 aliphatic heterocycles. The van der Waals surface area contributed by atoms with E-state index in [1.54, 1.807) is 7.11 Å². The normalized spacial score (nSPS) is 10.1. The molecular formula is C12H13ClN2O. The van der Waals surface area contributed by atoms with Gasteiger partial charge in [0.1, 0.15) is 5.75 Å². The molecule has 0 aliphatic rings. The molecule has 0 saturated carbocycles. The summed E-state index contributed by atoms with van der Waals surface area (Å²) in [4.78, 5) is 0. The highest BCUT2D eigenvalue weighted by Crippen LogP contribution is 2.22. The lowest BCUT2D eigenvalue weighted by molar-refractivity contribution is 0.410. The van der Waals surface area contributed by atoms with Gasteiger partial charge in [-0.15, -0.1) is 0 Å². The summed E-state index contributed by atoms with van der Waals surface area (Å²) in [5.74, 6) is 0.837. The Bertz CT molecular complexity index is 454. The molecule has 0 spiro atoms. The van der Waals surface area contributed by atoms with E-state index in [9.17, 15) is 0 Å². The summed E-state index contributed by atoms with van der Waals surface area (Å²) in [6.45, 7) is 0.665. The summed E-state index contributed by atoms with van der Waals surface area (Å²) in [6, 6.07) is 9.51. The maximum absolute atomic E-state index is 5.94. The van der Waals surface area contributed by atoms with Crippen molar-refractivity contribution in [2.75, 3.05) is 12.5 Å². The number of hydrogen-bond acceptors (Lipinski definition) is 2. The first-order chi connectivity index (χ1) is 7.79. The third kappa shape index (κ3) is 2.49. The van der Waals surface area contributed by atoms with Crippen molar-refractivity contribution in [3.8, 4) is 5.75 Å².